The van der Waals surface area contributed by atoms with Crippen molar-refractivity contribution in [1.82, 2.24) is 5.32 Å². The molecule has 1 aromatic carbocycles. The monoisotopic (exact) mass is 266 g/mol. The van der Waals surface area contributed by atoms with E-state index in [4.69, 9.17) is 11.6 Å². The highest BCUT2D eigenvalue weighted by molar-refractivity contribution is 6.33. The summed E-state index contributed by atoms with van der Waals surface area (Å²) in [6.07, 6.45) is 1.27. The Bertz CT molecular complexity index is 403. The van der Waals surface area contributed by atoms with E-state index < -0.39 is 0 Å². The summed E-state index contributed by atoms with van der Waals surface area (Å²) in [6.45, 7) is 9.78. The van der Waals surface area contributed by atoms with Crippen LogP contribution in [0.2, 0.25) is 5.02 Å². The highest BCUT2D eigenvalue weighted by Crippen LogP contribution is 2.33. The van der Waals surface area contributed by atoms with Crippen LogP contribution < -0.4 is 10.2 Å². The third-order valence-corrected chi connectivity index (χ3v) is 3.82. The molecule has 3 heteroatoms. The van der Waals surface area contributed by atoms with Crippen LogP contribution in [0.4, 0.5) is 5.69 Å². The Morgan fingerprint density at radius 2 is 2.22 bits per heavy atom. The standard InChI is InChI=1S/C15H23ClN2/c1-11(2)17-9-13-5-4-6-14(16)15(13)18-8-7-12(3)10-18/h4-6,11-12,17H,7-10H2,1-3H3. The maximum Gasteiger partial charge on any atom is 0.0642 e. The smallest absolute Gasteiger partial charge is 0.0642 e. The second-order valence-electron chi connectivity index (χ2n) is 5.62. The van der Waals surface area contributed by atoms with Gasteiger partial charge >= 0.3 is 0 Å². The zero-order chi connectivity index (χ0) is 13.1. The average Bonchev–Trinajstić information content (AvgIpc) is 2.72. The summed E-state index contributed by atoms with van der Waals surface area (Å²) >= 11 is 6.40. The molecule has 1 N–H and O–H groups in total. The maximum absolute atomic E-state index is 6.40. The maximum atomic E-state index is 6.40. The van der Waals surface area contributed by atoms with Gasteiger partial charge in [0.15, 0.2) is 0 Å². The summed E-state index contributed by atoms with van der Waals surface area (Å²) in [4.78, 5) is 2.43. The second-order valence-corrected chi connectivity index (χ2v) is 6.03. The van der Waals surface area contributed by atoms with Crippen LogP contribution in [0.1, 0.15) is 32.8 Å². The molecule has 0 spiro atoms. The van der Waals surface area contributed by atoms with Gasteiger partial charge < -0.3 is 10.2 Å². The van der Waals surface area contributed by atoms with Gasteiger partial charge in [-0.05, 0) is 24.0 Å². The molecule has 2 rings (SSSR count). The van der Waals surface area contributed by atoms with Crippen LogP contribution in [0.25, 0.3) is 0 Å². The van der Waals surface area contributed by atoms with E-state index in [1.807, 2.05) is 12.1 Å². The number of hydrogen-bond donors (Lipinski definition) is 1. The molecule has 1 heterocycles. The SMILES string of the molecule is CC1CCN(c2c(Cl)cccc2CNC(C)C)C1. The van der Waals surface area contributed by atoms with Crippen molar-refractivity contribution in [3.05, 3.63) is 28.8 Å². The van der Waals surface area contributed by atoms with E-state index in [1.54, 1.807) is 0 Å². The number of rotatable bonds is 4. The molecule has 1 aliphatic rings. The summed E-state index contributed by atoms with van der Waals surface area (Å²) in [5.74, 6) is 0.771. The van der Waals surface area contributed by atoms with Crippen molar-refractivity contribution in [1.29, 1.82) is 0 Å². The molecule has 1 atom stereocenters. The molecule has 0 radical (unpaired) electrons. The molecule has 0 aliphatic carbocycles. The fourth-order valence-electron chi connectivity index (χ4n) is 2.51. The Hall–Kier alpha value is -0.730. The van der Waals surface area contributed by atoms with E-state index in [0.29, 0.717) is 6.04 Å². The lowest BCUT2D eigenvalue weighted by Crippen LogP contribution is -2.25. The van der Waals surface area contributed by atoms with Crippen LogP contribution in [-0.2, 0) is 6.54 Å². The number of nitrogens with zero attached hydrogens (tertiary/aromatic N) is 1. The number of benzene rings is 1. The van der Waals surface area contributed by atoms with Gasteiger partial charge in [-0.2, -0.15) is 0 Å². The minimum absolute atomic E-state index is 0.495. The molecule has 1 saturated heterocycles. The fourth-order valence-corrected chi connectivity index (χ4v) is 2.82. The van der Waals surface area contributed by atoms with Crippen molar-refractivity contribution in [2.24, 2.45) is 5.92 Å². The van der Waals surface area contributed by atoms with E-state index >= 15 is 0 Å². The minimum Gasteiger partial charge on any atom is -0.370 e. The summed E-state index contributed by atoms with van der Waals surface area (Å²) in [6, 6.07) is 6.72. The number of hydrogen-bond acceptors (Lipinski definition) is 2. The molecule has 1 unspecified atom stereocenters. The molecule has 1 aliphatic heterocycles. The van der Waals surface area contributed by atoms with E-state index in [9.17, 15) is 0 Å². The molecule has 0 aromatic heterocycles. The van der Waals surface area contributed by atoms with Crippen molar-refractivity contribution < 1.29 is 0 Å². The number of para-hydroxylation sites is 1. The molecule has 1 aromatic rings. The molecular weight excluding hydrogens is 244 g/mol. The van der Waals surface area contributed by atoms with Gasteiger partial charge in [-0.3, -0.25) is 0 Å². The topological polar surface area (TPSA) is 15.3 Å². The van der Waals surface area contributed by atoms with Gasteiger partial charge in [-0.15, -0.1) is 0 Å². The summed E-state index contributed by atoms with van der Waals surface area (Å²) in [5, 5.41) is 4.36. The van der Waals surface area contributed by atoms with Crippen molar-refractivity contribution >= 4 is 17.3 Å². The summed E-state index contributed by atoms with van der Waals surface area (Å²) in [7, 11) is 0. The van der Waals surface area contributed by atoms with E-state index in [2.05, 4.69) is 37.1 Å². The van der Waals surface area contributed by atoms with Gasteiger partial charge in [-0.25, -0.2) is 0 Å². The normalized spacial score (nSPS) is 19.8. The quantitative estimate of drug-likeness (QED) is 0.894. The van der Waals surface area contributed by atoms with E-state index in [0.717, 1.165) is 30.6 Å². The largest absolute Gasteiger partial charge is 0.370 e. The van der Waals surface area contributed by atoms with Gasteiger partial charge in [0.1, 0.15) is 0 Å². The fraction of sp³-hybridized carbons (Fsp3) is 0.600. The predicted octanol–water partition coefficient (Wildman–Crippen LogP) is 3.68. The Morgan fingerprint density at radius 3 is 2.83 bits per heavy atom. The first-order chi connectivity index (χ1) is 8.58. The number of halogens is 1. The predicted molar refractivity (Wildman–Crippen MR) is 79.4 cm³/mol. The minimum atomic E-state index is 0.495. The Morgan fingerprint density at radius 1 is 1.44 bits per heavy atom. The lowest BCUT2D eigenvalue weighted by Gasteiger charge is -2.24. The van der Waals surface area contributed by atoms with Gasteiger partial charge in [0.05, 0.1) is 10.7 Å². The van der Waals surface area contributed by atoms with Crippen molar-refractivity contribution in [2.45, 2.75) is 39.8 Å². The van der Waals surface area contributed by atoms with Crippen LogP contribution >= 0.6 is 11.6 Å². The Labute approximate surface area is 115 Å². The van der Waals surface area contributed by atoms with Gasteiger partial charge in [0.2, 0.25) is 0 Å². The van der Waals surface area contributed by atoms with Gasteiger partial charge in [0, 0.05) is 25.7 Å². The molecule has 100 valence electrons. The van der Waals surface area contributed by atoms with Crippen LogP contribution in [0.3, 0.4) is 0 Å². The highest BCUT2D eigenvalue weighted by Gasteiger charge is 2.22. The van der Waals surface area contributed by atoms with Crippen molar-refractivity contribution in [2.75, 3.05) is 18.0 Å². The highest BCUT2D eigenvalue weighted by atomic mass is 35.5. The van der Waals surface area contributed by atoms with Crippen LogP contribution in [0.5, 0.6) is 0 Å². The molecule has 0 saturated carbocycles. The van der Waals surface area contributed by atoms with Crippen LogP contribution in [-0.4, -0.2) is 19.1 Å². The summed E-state index contributed by atoms with van der Waals surface area (Å²) < 4.78 is 0. The lowest BCUT2D eigenvalue weighted by molar-refractivity contribution is 0.588. The molecule has 2 nitrogen and oxygen atoms in total. The number of nitrogens with one attached hydrogen (secondary N) is 1. The summed E-state index contributed by atoms with van der Waals surface area (Å²) in [5.41, 5.74) is 2.54. The third kappa shape index (κ3) is 3.18. The average molecular weight is 267 g/mol. The Kier molecular flexibility index (Phi) is 4.52. The van der Waals surface area contributed by atoms with Gasteiger partial charge in [-0.1, -0.05) is 44.5 Å². The first kappa shape index (κ1) is 13.7. The zero-order valence-corrected chi connectivity index (χ0v) is 12.3. The molecular formula is C15H23ClN2. The van der Waals surface area contributed by atoms with Gasteiger partial charge in [0.25, 0.3) is 0 Å². The van der Waals surface area contributed by atoms with E-state index in [1.165, 1.54) is 17.7 Å². The molecule has 0 amide bonds. The molecule has 1 fully saturated rings. The van der Waals surface area contributed by atoms with Crippen molar-refractivity contribution in [3.8, 4) is 0 Å². The molecule has 18 heavy (non-hydrogen) atoms. The zero-order valence-electron chi connectivity index (χ0n) is 11.5. The van der Waals surface area contributed by atoms with Crippen molar-refractivity contribution in [3.63, 3.8) is 0 Å². The first-order valence-electron chi connectivity index (χ1n) is 6.83. The van der Waals surface area contributed by atoms with Crippen LogP contribution in [0.15, 0.2) is 18.2 Å². The Balaban J connectivity index is 2.21. The third-order valence-electron chi connectivity index (χ3n) is 3.51. The molecule has 0 bridgehead atoms. The number of anilines is 1. The lowest BCUT2D eigenvalue weighted by atomic mass is 10.1. The van der Waals surface area contributed by atoms with E-state index in [-0.39, 0.29) is 0 Å². The van der Waals surface area contributed by atoms with Crippen LogP contribution in [0, 0.1) is 5.92 Å². The second kappa shape index (κ2) is 5.94. The first-order valence-corrected chi connectivity index (χ1v) is 7.21.